The minimum absolute atomic E-state index is 1.29. The Kier molecular flexibility index (Phi) is 6.63. The zero-order valence-corrected chi connectivity index (χ0v) is 20.1. The second-order valence-electron chi connectivity index (χ2n) is 9.24. The second-order valence-corrected chi connectivity index (χ2v) is 31.6. The number of rotatable bonds is 6. The monoisotopic (exact) mass is 383 g/mol. The fourth-order valence-corrected chi connectivity index (χ4v) is 24.8. The first-order valence-corrected chi connectivity index (χ1v) is 21.8. The fourth-order valence-electron chi connectivity index (χ4n) is 2.43. The molecule has 0 aliphatic heterocycles. The van der Waals surface area contributed by atoms with E-state index in [9.17, 15) is 0 Å². The van der Waals surface area contributed by atoms with Gasteiger partial charge in [-0.3, -0.25) is 0 Å². The predicted octanol–water partition coefficient (Wildman–Crippen LogP) is 4.84. The van der Waals surface area contributed by atoms with E-state index in [2.05, 4.69) is 100 Å². The quantitative estimate of drug-likeness (QED) is 0.605. The molecule has 0 rings (SSSR count). The Hall–Kier alpha value is 1.31. The Morgan fingerprint density at radius 1 is 0.421 bits per heavy atom. The summed E-state index contributed by atoms with van der Waals surface area (Å²) < 4.78 is 5.69. The normalized spacial score (nSPS) is 15.7. The zero-order valence-electron chi connectivity index (χ0n) is 15.2. The Morgan fingerprint density at radius 3 is 0.684 bits per heavy atom. The van der Waals surface area contributed by atoms with Crippen LogP contribution < -0.4 is 0 Å². The van der Waals surface area contributed by atoms with E-state index in [4.69, 9.17) is 0 Å². The number of nitrogens with zero attached hydrogens (tertiary/aromatic N) is 2. The average molecular weight is 384 g/mol. The van der Waals surface area contributed by atoms with Crippen LogP contribution in [0, 0.1) is 0 Å². The van der Waals surface area contributed by atoms with Crippen molar-refractivity contribution in [3.05, 3.63) is 0 Å². The van der Waals surface area contributed by atoms with Gasteiger partial charge in [0.1, 0.15) is 0 Å². The topological polar surface area (TPSA) is 6.48 Å². The van der Waals surface area contributed by atoms with Gasteiger partial charge in [0.15, 0.2) is 0 Å². The third kappa shape index (κ3) is 6.73. The van der Waals surface area contributed by atoms with Crippen molar-refractivity contribution in [1.29, 1.82) is 0 Å². The van der Waals surface area contributed by atoms with E-state index in [1.807, 2.05) is 0 Å². The van der Waals surface area contributed by atoms with Gasteiger partial charge in [0.2, 0.25) is 0 Å². The van der Waals surface area contributed by atoms with Gasteiger partial charge >= 0.3 is 133 Å². The summed E-state index contributed by atoms with van der Waals surface area (Å²) in [6.45, 7) is 29.9. The maximum atomic E-state index is 2.85. The van der Waals surface area contributed by atoms with Crippen LogP contribution in [0.2, 0.25) is 78.6 Å². The van der Waals surface area contributed by atoms with Crippen molar-refractivity contribution in [2.75, 3.05) is 0 Å². The molecular formula is C12H36CuN2Si4. The second kappa shape index (κ2) is 6.20. The molecule has 0 heterocycles. The summed E-state index contributed by atoms with van der Waals surface area (Å²) in [6, 6.07) is 0. The van der Waals surface area contributed by atoms with Crippen LogP contribution in [0.15, 0.2) is 0 Å². The molecule has 0 N–H and O–H groups in total. The van der Waals surface area contributed by atoms with Crippen molar-refractivity contribution in [3.8, 4) is 0 Å². The van der Waals surface area contributed by atoms with Gasteiger partial charge in [0, 0.05) is 0 Å². The molecule has 0 aromatic rings. The SMILES string of the molecule is C[Si](C)(C)[N]([Cu][N]([Si](C)(C)C)[Si](C)(C)C)[Si](C)(C)C. The summed E-state index contributed by atoms with van der Waals surface area (Å²) in [6.07, 6.45) is 0. The number of hydrogen-bond donors (Lipinski definition) is 0. The van der Waals surface area contributed by atoms with Gasteiger partial charge in [-0.25, -0.2) is 0 Å². The van der Waals surface area contributed by atoms with E-state index in [0.29, 0.717) is 0 Å². The van der Waals surface area contributed by atoms with Gasteiger partial charge in [-0.1, -0.05) is 0 Å². The first kappa shape index (κ1) is 20.3. The molecule has 0 unspecified atom stereocenters. The van der Waals surface area contributed by atoms with E-state index in [1.165, 1.54) is 0 Å². The van der Waals surface area contributed by atoms with E-state index in [0.717, 1.165) is 0 Å². The van der Waals surface area contributed by atoms with Gasteiger partial charge < -0.3 is 0 Å². The maximum absolute atomic E-state index is 2.85. The van der Waals surface area contributed by atoms with E-state index >= 15 is 0 Å². The van der Waals surface area contributed by atoms with Crippen LogP contribution in [0.1, 0.15) is 0 Å². The zero-order chi connectivity index (χ0) is 15.9. The molecule has 0 aromatic carbocycles. The fraction of sp³-hybridized carbons (Fsp3) is 1.00. The molecular weight excluding hydrogens is 348 g/mol. The van der Waals surface area contributed by atoms with Gasteiger partial charge in [-0.2, -0.15) is 0 Å². The molecule has 0 spiro atoms. The van der Waals surface area contributed by atoms with Crippen LogP contribution >= 0.6 is 0 Å². The van der Waals surface area contributed by atoms with E-state index < -0.39 is 32.9 Å². The van der Waals surface area contributed by atoms with E-state index in [1.54, 1.807) is 0 Å². The third-order valence-electron chi connectivity index (χ3n) is 2.27. The molecule has 0 saturated carbocycles. The van der Waals surface area contributed by atoms with Crippen LogP contribution in [0.5, 0.6) is 0 Å². The van der Waals surface area contributed by atoms with Crippen molar-refractivity contribution in [1.82, 2.24) is 6.49 Å². The molecule has 7 heteroatoms. The Labute approximate surface area is 133 Å². The molecule has 0 aromatic heterocycles. The van der Waals surface area contributed by atoms with Crippen LogP contribution in [0.25, 0.3) is 0 Å². The minimum atomic E-state index is -1.29. The molecule has 19 heavy (non-hydrogen) atoms. The Bertz CT molecular complexity index is 239. The summed E-state index contributed by atoms with van der Waals surface area (Å²) >= 11 is 2.24. The first-order chi connectivity index (χ1) is 7.97. The summed E-state index contributed by atoms with van der Waals surface area (Å²) in [5, 5.41) is 0. The van der Waals surface area contributed by atoms with Crippen LogP contribution in [-0.4, -0.2) is 39.4 Å². The summed E-state index contributed by atoms with van der Waals surface area (Å²) in [5.41, 5.74) is 0. The molecule has 0 aliphatic rings. The van der Waals surface area contributed by atoms with Crippen LogP contribution in [0.4, 0.5) is 0 Å². The molecule has 0 radical (unpaired) electrons. The van der Waals surface area contributed by atoms with Crippen LogP contribution in [-0.2, 0) is 15.4 Å². The van der Waals surface area contributed by atoms with Crippen molar-refractivity contribution in [3.63, 3.8) is 0 Å². The Balaban J connectivity index is 5.43. The standard InChI is InChI=1S/2C6H18NSi2.Cu/c2*1-8(2,3)7-9(4,5)6;/h2*1-6H3;/q2*-1;+2. The molecule has 0 atom stereocenters. The van der Waals surface area contributed by atoms with E-state index in [-0.39, 0.29) is 0 Å². The van der Waals surface area contributed by atoms with Crippen molar-refractivity contribution < 1.29 is 15.4 Å². The van der Waals surface area contributed by atoms with Crippen molar-refractivity contribution >= 4 is 32.9 Å². The molecule has 121 valence electrons. The van der Waals surface area contributed by atoms with Gasteiger partial charge in [-0.05, 0) is 0 Å². The van der Waals surface area contributed by atoms with Gasteiger partial charge in [-0.15, -0.1) is 0 Å². The summed E-state index contributed by atoms with van der Waals surface area (Å²) in [4.78, 5) is 0. The van der Waals surface area contributed by atoms with Gasteiger partial charge in [0.25, 0.3) is 0 Å². The summed E-state index contributed by atoms with van der Waals surface area (Å²) in [7, 11) is -5.15. The van der Waals surface area contributed by atoms with Crippen molar-refractivity contribution in [2.24, 2.45) is 0 Å². The Morgan fingerprint density at radius 2 is 0.579 bits per heavy atom. The third-order valence-corrected chi connectivity index (χ3v) is 23.6. The summed E-state index contributed by atoms with van der Waals surface area (Å²) in [5.74, 6) is 0. The molecule has 0 saturated heterocycles. The number of hydrogen-bond acceptors (Lipinski definition) is 2. The van der Waals surface area contributed by atoms with Crippen LogP contribution in [0.3, 0.4) is 0 Å². The molecule has 0 fully saturated rings. The van der Waals surface area contributed by atoms with Crippen molar-refractivity contribution in [2.45, 2.75) is 78.6 Å². The molecule has 2 nitrogen and oxygen atoms in total. The average Bonchev–Trinajstić information content (AvgIpc) is 1.91. The molecule has 0 aliphatic carbocycles. The predicted molar refractivity (Wildman–Crippen MR) is 97.1 cm³/mol. The first-order valence-electron chi connectivity index (χ1n) is 7.16. The molecule has 0 bridgehead atoms. The molecule has 0 amide bonds. The van der Waals surface area contributed by atoms with Gasteiger partial charge in [0.05, 0.1) is 0 Å².